The number of halogens is 2. The molecular weight excluding hydrogens is 439 g/mol. The summed E-state index contributed by atoms with van der Waals surface area (Å²) in [6.45, 7) is 5.87. The highest BCUT2D eigenvalue weighted by Gasteiger charge is 2.21. The van der Waals surface area contributed by atoms with E-state index in [1.807, 2.05) is 18.2 Å². The van der Waals surface area contributed by atoms with E-state index in [1.54, 1.807) is 6.07 Å². The minimum absolute atomic E-state index is 0.179. The molecule has 2 aromatic carbocycles. The molecule has 4 rings (SSSR count). The van der Waals surface area contributed by atoms with Gasteiger partial charge in [0.25, 0.3) is 0 Å². The van der Waals surface area contributed by atoms with Gasteiger partial charge in [-0.2, -0.15) is 0 Å². The molecule has 0 radical (unpaired) electrons. The molecule has 0 aliphatic carbocycles. The summed E-state index contributed by atoms with van der Waals surface area (Å²) in [5, 5.41) is 11.8. The van der Waals surface area contributed by atoms with Crippen molar-refractivity contribution in [3.05, 3.63) is 57.9 Å². The molecule has 0 amide bonds. The van der Waals surface area contributed by atoms with Gasteiger partial charge in [-0.3, -0.25) is 4.90 Å². The fraction of sp³-hybridized carbons (Fsp3) is 0.364. The maximum atomic E-state index is 14.0. The van der Waals surface area contributed by atoms with Crippen molar-refractivity contribution in [2.75, 3.05) is 13.1 Å². The molecule has 1 fully saturated rings. The molecule has 0 bridgehead atoms. The van der Waals surface area contributed by atoms with Crippen LogP contribution in [0.1, 0.15) is 31.0 Å². The second-order valence-electron chi connectivity index (χ2n) is 7.20. The summed E-state index contributed by atoms with van der Waals surface area (Å²) in [6, 6.07) is 11.1. The van der Waals surface area contributed by atoms with Crippen molar-refractivity contribution >= 4 is 38.6 Å². The first-order valence-electron chi connectivity index (χ1n) is 9.70. The zero-order valence-corrected chi connectivity index (χ0v) is 18.3. The predicted molar refractivity (Wildman–Crippen MR) is 117 cm³/mol. The number of likely N-dealkylation sites (tertiary alicyclic amines) is 1. The van der Waals surface area contributed by atoms with Crippen LogP contribution in [-0.4, -0.2) is 27.7 Å². The summed E-state index contributed by atoms with van der Waals surface area (Å²) in [7, 11) is 0. The zero-order chi connectivity index (χ0) is 19.7. The molecule has 0 spiro atoms. The third-order valence-electron chi connectivity index (χ3n) is 5.43. The first-order chi connectivity index (χ1) is 13.6. The quantitative estimate of drug-likeness (QED) is 0.444. The van der Waals surface area contributed by atoms with Crippen molar-refractivity contribution in [2.45, 2.75) is 43.5 Å². The number of rotatable bonds is 6. The molecule has 0 saturated carbocycles. The van der Waals surface area contributed by atoms with E-state index in [2.05, 4.69) is 38.4 Å². The van der Waals surface area contributed by atoms with Gasteiger partial charge in [-0.05, 0) is 73.1 Å². The molecule has 1 aromatic heterocycles. The number of phenolic OH excluding ortho intramolecular Hbond substituents is 1. The summed E-state index contributed by atoms with van der Waals surface area (Å²) in [5.41, 5.74) is 3.24. The first kappa shape index (κ1) is 19.8. The maximum absolute atomic E-state index is 14.0. The largest absolute Gasteiger partial charge is 0.506 e. The van der Waals surface area contributed by atoms with Crippen molar-refractivity contribution < 1.29 is 9.50 Å². The number of fused-ring (bicyclic) bond motifs is 1. The van der Waals surface area contributed by atoms with Crippen LogP contribution in [0.15, 0.2) is 45.8 Å². The van der Waals surface area contributed by atoms with Gasteiger partial charge in [0.1, 0.15) is 11.6 Å². The predicted octanol–water partition coefficient (Wildman–Crippen LogP) is 6.16. The average molecular weight is 463 g/mol. The minimum Gasteiger partial charge on any atom is -0.506 e. The third-order valence-corrected chi connectivity index (χ3v) is 7.12. The van der Waals surface area contributed by atoms with Gasteiger partial charge in [0, 0.05) is 45.9 Å². The van der Waals surface area contributed by atoms with Gasteiger partial charge in [-0.1, -0.05) is 12.1 Å². The summed E-state index contributed by atoms with van der Waals surface area (Å²) in [4.78, 5) is 3.06. The molecule has 0 unspecified atom stereocenters. The number of hydrogen-bond acceptors (Lipinski definition) is 3. The van der Waals surface area contributed by atoms with Gasteiger partial charge in [-0.25, -0.2) is 4.39 Å². The van der Waals surface area contributed by atoms with Gasteiger partial charge in [0.2, 0.25) is 0 Å². The Morgan fingerprint density at radius 3 is 2.64 bits per heavy atom. The number of hydrogen-bond donors (Lipinski definition) is 1. The lowest BCUT2D eigenvalue weighted by molar-refractivity contribution is 0.325. The van der Waals surface area contributed by atoms with E-state index in [-0.39, 0.29) is 5.82 Å². The highest BCUT2D eigenvalue weighted by atomic mass is 79.9. The molecule has 28 heavy (non-hydrogen) atoms. The molecule has 6 heteroatoms. The Bertz CT molecular complexity index is 998. The molecule has 148 valence electrons. The second kappa shape index (κ2) is 8.47. The highest BCUT2D eigenvalue weighted by Crippen LogP contribution is 2.39. The van der Waals surface area contributed by atoms with Crippen molar-refractivity contribution in [3.63, 3.8) is 0 Å². The van der Waals surface area contributed by atoms with Gasteiger partial charge in [0.05, 0.1) is 4.47 Å². The molecule has 1 aliphatic rings. The van der Waals surface area contributed by atoms with Crippen molar-refractivity contribution in [1.82, 2.24) is 9.47 Å². The van der Waals surface area contributed by atoms with E-state index in [4.69, 9.17) is 0 Å². The number of aromatic nitrogens is 1. The Labute approximate surface area is 177 Å². The number of thioether (sulfide) groups is 1. The van der Waals surface area contributed by atoms with E-state index >= 15 is 0 Å². The Balaban J connectivity index is 1.72. The van der Waals surface area contributed by atoms with Crippen LogP contribution in [0.5, 0.6) is 5.75 Å². The third kappa shape index (κ3) is 3.82. The lowest BCUT2D eigenvalue weighted by Crippen LogP contribution is -2.18. The van der Waals surface area contributed by atoms with Crippen LogP contribution < -0.4 is 0 Å². The SMILES string of the molecule is CCn1c(CSc2ccccc2F)cc2c(CN3CCCC3)c(O)c(Br)cc21. The van der Waals surface area contributed by atoms with E-state index in [9.17, 15) is 9.50 Å². The summed E-state index contributed by atoms with van der Waals surface area (Å²) >= 11 is 5.05. The van der Waals surface area contributed by atoms with Crippen LogP contribution >= 0.6 is 27.7 Å². The number of aromatic hydroxyl groups is 1. The molecule has 2 heterocycles. The minimum atomic E-state index is -0.179. The average Bonchev–Trinajstić information content (AvgIpc) is 3.32. The van der Waals surface area contributed by atoms with Crippen LogP contribution in [-0.2, 0) is 18.8 Å². The highest BCUT2D eigenvalue weighted by molar-refractivity contribution is 9.10. The smallest absolute Gasteiger partial charge is 0.136 e. The second-order valence-corrected chi connectivity index (χ2v) is 9.07. The summed E-state index contributed by atoms with van der Waals surface area (Å²) < 4.78 is 17.0. The van der Waals surface area contributed by atoms with E-state index in [0.29, 0.717) is 16.4 Å². The Hall–Kier alpha value is -1.50. The van der Waals surface area contributed by atoms with Gasteiger partial charge in [0.15, 0.2) is 0 Å². The molecule has 1 saturated heterocycles. The van der Waals surface area contributed by atoms with Crippen molar-refractivity contribution in [2.24, 2.45) is 0 Å². The van der Waals surface area contributed by atoms with Crippen LogP contribution in [0.25, 0.3) is 10.9 Å². The lowest BCUT2D eigenvalue weighted by Gasteiger charge is -2.17. The summed E-state index contributed by atoms with van der Waals surface area (Å²) in [5.74, 6) is 0.841. The fourth-order valence-electron chi connectivity index (χ4n) is 4.01. The Morgan fingerprint density at radius 2 is 1.93 bits per heavy atom. The van der Waals surface area contributed by atoms with Gasteiger partial charge in [-0.15, -0.1) is 11.8 Å². The zero-order valence-electron chi connectivity index (χ0n) is 15.9. The Morgan fingerprint density at radius 1 is 1.18 bits per heavy atom. The first-order valence-corrected chi connectivity index (χ1v) is 11.5. The lowest BCUT2D eigenvalue weighted by atomic mass is 10.1. The van der Waals surface area contributed by atoms with Crippen LogP contribution in [0.3, 0.4) is 0 Å². The van der Waals surface area contributed by atoms with E-state index in [1.165, 1.54) is 30.7 Å². The molecular formula is C22H24BrFN2OS. The van der Waals surface area contributed by atoms with Crippen molar-refractivity contribution in [3.8, 4) is 5.75 Å². The fourth-order valence-corrected chi connectivity index (χ4v) is 5.39. The molecule has 3 aromatic rings. The van der Waals surface area contributed by atoms with Crippen LogP contribution in [0.2, 0.25) is 0 Å². The summed E-state index contributed by atoms with van der Waals surface area (Å²) in [6.07, 6.45) is 2.44. The normalized spacial score (nSPS) is 15.0. The number of phenols is 1. The number of benzene rings is 2. The van der Waals surface area contributed by atoms with Crippen LogP contribution in [0, 0.1) is 5.82 Å². The maximum Gasteiger partial charge on any atom is 0.136 e. The topological polar surface area (TPSA) is 28.4 Å². The van der Waals surface area contributed by atoms with E-state index in [0.717, 1.165) is 52.8 Å². The van der Waals surface area contributed by atoms with Crippen molar-refractivity contribution in [1.29, 1.82) is 0 Å². The number of aryl methyl sites for hydroxylation is 1. The standard InChI is InChI=1S/C22H24BrFN2OS/c1-2-26-15(14-28-21-8-4-3-7-19(21)24)11-16-17(13-25-9-5-6-10-25)22(27)18(23)12-20(16)26/h3-4,7-8,11-12,27H,2,5-6,9-10,13-14H2,1H3. The molecule has 1 aliphatic heterocycles. The monoisotopic (exact) mass is 462 g/mol. The number of nitrogens with zero attached hydrogens (tertiary/aromatic N) is 2. The van der Waals surface area contributed by atoms with Gasteiger partial charge >= 0.3 is 0 Å². The Kier molecular flexibility index (Phi) is 5.99. The van der Waals surface area contributed by atoms with Crippen LogP contribution in [0.4, 0.5) is 4.39 Å². The van der Waals surface area contributed by atoms with Gasteiger partial charge < -0.3 is 9.67 Å². The molecule has 3 nitrogen and oxygen atoms in total. The molecule has 0 atom stereocenters. The molecule has 1 N–H and O–H groups in total. The van der Waals surface area contributed by atoms with E-state index < -0.39 is 0 Å².